The zero-order valence-electron chi connectivity index (χ0n) is 18.0. The van der Waals surface area contributed by atoms with E-state index in [1.807, 2.05) is 6.07 Å². The highest BCUT2D eigenvalue weighted by atomic mass is 35.5. The first-order chi connectivity index (χ1) is 14.4. The van der Waals surface area contributed by atoms with E-state index in [2.05, 4.69) is 17.0 Å². The highest BCUT2D eigenvalue weighted by molar-refractivity contribution is 6.21. The second-order valence-electron chi connectivity index (χ2n) is 7.36. The van der Waals surface area contributed by atoms with Gasteiger partial charge in [-0.3, -0.25) is 14.4 Å². The molecule has 0 aliphatic carbocycles. The predicted molar refractivity (Wildman–Crippen MR) is 118 cm³/mol. The van der Waals surface area contributed by atoms with Gasteiger partial charge in [-0.25, -0.2) is 0 Å². The normalized spacial score (nSPS) is 12.6. The van der Waals surface area contributed by atoms with Gasteiger partial charge in [0.2, 0.25) is 5.91 Å². The van der Waals surface area contributed by atoms with Crippen molar-refractivity contribution >= 4 is 35.1 Å². The summed E-state index contributed by atoms with van der Waals surface area (Å²) in [5.74, 6) is -1.32. The van der Waals surface area contributed by atoms with Crippen LogP contribution < -0.4 is 5.32 Å². The summed E-state index contributed by atoms with van der Waals surface area (Å²) in [6.45, 7) is 2.16. The van der Waals surface area contributed by atoms with Crippen molar-refractivity contribution < 1.29 is 23.9 Å². The number of esters is 2. The second kappa shape index (κ2) is 15.7. The number of ether oxygens (including phenoxy) is 2. The van der Waals surface area contributed by atoms with Gasteiger partial charge in [0, 0.05) is 11.1 Å². The fraction of sp³-hybridized carbons (Fsp3) is 0.609. The van der Waals surface area contributed by atoms with Gasteiger partial charge in [0.15, 0.2) is 0 Å². The van der Waals surface area contributed by atoms with Crippen LogP contribution in [0.5, 0.6) is 0 Å². The molecule has 0 aliphatic rings. The molecule has 2 atom stereocenters. The van der Waals surface area contributed by atoms with Crippen LogP contribution in [0.3, 0.4) is 0 Å². The standard InChI is InChI=1S/C23H34ClNO5/c1-3-4-5-6-10-13-20(15-14-18(24)16-22(27)29-2)30-23(28)17-21(26)25-19-11-8-7-9-12-19/h7-9,11-12,18,20H,3-6,10,13-17H2,1-2H3,(H,25,26). The van der Waals surface area contributed by atoms with Gasteiger partial charge >= 0.3 is 11.9 Å². The summed E-state index contributed by atoms with van der Waals surface area (Å²) >= 11 is 6.21. The lowest BCUT2D eigenvalue weighted by Gasteiger charge is -2.19. The first kappa shape index (κ1) is 26.0. The smallest absolute Gasteiger partial charge is 0.315 e. The van der Waals surface area contributed by atoms with Crippen LogP contribution >= 0.6 is 11.6 Å². The van der Waals surface area contributed by atoms with E-state index in [0.717, 1.165) is 32.1 Å². The van der Waals surface area contributed by atoms with Crippen molar-refractivity contribution in [3.8, 4) is 0 Å². The van der Waals surface area contributed by atoms with E-state index in [9.17, 15) is 14.4 Å². The Labute approximate surface area is 184 Å². The van der Waals surface area contributed by atoms with E-state index in [1.165, 1.54) is 13.5 Å². The molecule has 0 saturated carbocycles. The molecule has 0 radical (unpaired) electrons. The number of hydrogen-bond donors (Lipinski definition) is 1. The minimum absolute atomic E-state index is 0.120. The molecule has 0 heterocycles. The molecule has 6 nitrogen and oxygen atoms in total. The van der Waals surface area contributed by atoms with Crippen LogP contribution in [-0.2, 0) is 23.9 Å². The molecule has 0 bridgehead atoms. The van der Waals surface area contributed by atoms with Crippen molar-refractivity contribution in [2.24, 2.45) is 0 Å². The Morgan fingerprint density at radius 1 is 0.967 bits per heavy atom. The quantitative estimate of drug-likeness (QED) is 0.175. The van der Waals surface area contributed by atoms with Crippen molar-refractivity contribution in [1.29, 1.82) is 0 Å². The first-order valence-electron chi connectivity index (χ1n) is 10.7. The Kier molecular flexibility index (Phi) is 13.6. The zero-order valence-corrected chi connectivity index (χ0v) is 18.8. The largest absolute Gasteiger partial charge is 0.469 e. The monoisotopic (exact) mass is 439 g/mol. The van der Waals surface area contributed by atoms with Crippen LogP contribution in [0.25, 0.3) is 0 Å². The molecule has 0 fully saturated rings. The number of nitrogens with one attached hydrogen (secondary N) is 1. The minimum Gasteiger partial charge on any atom is -0.469 e. The minimum atomic E-state index is -0.555. The Hall–Kier alpha value is -2.08. The third-order valence-electron chi connectivity index (χ3n) is 4.71. The van der Waals surface area contributed by atoms with Gasteiger partial charge in [0.05, 0.1) is 13.5 Å². The average Bonchev–Trinajstić information content (AvgIpc) is 2.72. The Bertz CT molecular complexity index is 638. The molecular weight excluding hydrogens is 406 g/mol. The number of anilines is 1. The predicted octanol–water partition coefficient (Wildman–Crippen LogP) is 5.24. The molecule has 2 unspecified atom stereocenters. The number of para-hydroxylation sites is 1. The maximum Gasteiger partial charge on any atom is 0.315 e. The molecule has 1 aromatic carbocycles. The molecule has 1 rings (SSSR count). The topological polar surface area (TPSA) is 81.7 Å². The van der Waals surface area contributed by atoms with Crippen molar-refractivity contribution in [1.82, 2.24) is 0 Å². The number of amides is 1. The Morgan fingerprint density at radius 3 is 2.33 bits per heavy atom. The van der Waals surface area contributed by atoms with Gasteiger partial charge in [-0.05, 0) is 37.8 Å². The highest BCUT2D eigenvalue weighted by Crippen LogP contribution is 2.19. The molecule has 168 valence electrons. The van der Waals surface area contributed by atoms with Crippen LogP contribution in [0.2, 0.25) is 0 Å². The number of benzene rings is 1. The van der Waals surface area contributed by atoms with Gasteiger partial charge in [0.25, 0.3) is 0 Å². The van der Waals surface area contributed by atoms with E-state index < -0.39 is 11.9 Å². The number of methoxy groups -OCH3 is 1. The number of hydrogen-bond acceptors (Lipinski definition) is 5. The SMILES string of the molecule is CCCCCCCC(CCC(Cl)CC(=O)OC)OC(=O)CC(=O)Nc1ccccc1. The molecule has 1 N–H and O–H groups in total. The average molecular weight is 440 g/mol. The lowest BCUT2D eigenvalue weighted by atomic mass is 10.0. The Morgan fingerprint density at radius 2 is 1.67 bits per heavy atom. The fourth-order valence-corrected chi connectivity index (χ4v) is 3.31. The molecule has 0 spiro atoms. The molecule has 1 aromatic rings. The third kappa shape index (κ3) is 12.5. The van der Waals surface area contributed by atoms with Crippen molar-refractivity contribution in [3.63, 3.8) is 0 Å². The molecule has 30 heavy (non-hydrogen) atoms. The van der Waals surface area contributed by atoms with Gasteiger partial charge in [-0.2, -0.15) is 0 Å². The zero-order chi connectivity index (χ0) is 22.2. The van der Waals surface area contributed by atoms with E-state index in [1.54, 1.807) is 24.3 Å². The molecule has 0 saturated heterocycles. The summed E-state index contributed by atoms with van der Waals surface area (Å²) in [4.78, 5) is 35.7. The fourth-order valence-electron chi connectivity index (χ4n) is 3.06. The van der Waals surface area contributed by atoms with Gasteiger partial charge < -0.3 is 14.8 Å². The number of unbranched alkanes of at least 4 members (excludes halogenated alkanes) is 4. The number of carbonyl (C=O) groups excluding carboxylic acids is 3. The van der Waals surface area contributed by atoms with Crippen LogP contribution in [-0.4, -0.2) is 36.4 Å². The highest BCUT2D eigenvalue weighted by Gasteiger charge is 2.20. The van der Waals surface area contributed by atoms with Gasteiger partial charge in [-0.15, -0.1) is 11.6 Å². The summed E-state index contributed by atoms with van der Waals surface area (Å²) in [5.41, 5.74) is 0.635. The number of carbonyl (C=O) groups is 3. The van der Waals surface area contributed by atoms with Gasteiger partial charge in [0.1, 0.15) is 12.5 Å². The van der Waals surface area contributed by atoms with Gasteiger partial charge in [-0.1, -0.05) is 50.8 Å². The van der Waals surface area contributed by atoms with Crippen LogP contribution in [0.15, 0.2) is 30.3 Å². The maximum absolute atomic E-state index is 12.3. The summed E-state index contributed by atoms with van der Waals surface area (Å²) in [6, 6.07) is 8.96. The van der Waals surface area contributed by atoms with Crippen molar-refractivity contribution in [3.05, 3.63) is 30.3 Å². The van der Waals surface area contributed by atoms with E-state index >= 15 is 0 Å². The number of alkyl halides is 1. The van der Waals surface area contributed by atoms with E-state index in [0.29, 0.717) is 18.5 Å². The lowest BCUT2D eigenvalue weighted by Crippen LogP contribution is -2.24. The number of rotatable bonds is 15. The number of halogens is 1. The van der Waals surface area contributed by atoms with Crippen LogP contribution in [0.4, 0.5) is 5.69 Å². The summed E-state index contributed by atoms with van der Waals surface area (Å²) in [6.07, 6.45) is 6.77. The summed E-state index contributed by atoms with van der Waals surface area (Å²) in [5, 5.41) is 2.30. The first-order valence-corrected chi connectivity index (χ1v) is 11.1. The lowest BCUT2D eigenvalue weighted by molar-refractivity contribution is -0.151. The van der Waals surface area contributed by atoms with E-state index in [4.69, 9.17) is 16.3 Å². The molecule has 7 heteroatoms. The molecule has 0 aliphatic heterocycles. The third-order valence-corrected chi connectivity index (χ3v) is 5.08. The second-order valence-corrected chi connectivity index (χ2v) is 7.98. The van der Waals surface area contributed by atoms with E-state index in [-0.39, 0.29) is 30.3 Å². The van der Waals surface area contributed by atoms with Crippen molar-refractivity contribution in [2.45, 2.75) is 82.6 Å². The summed E-state index contributed by atoms with van der Waals surface area (Å²) in [7, 11) is 1.33. The van der Waals surface area contributed by atoms with Crippen LogP contribution in [0, 0.1) is 0 Å². The van der Waals surface area contributed by atoms with Crippen LogP contribution in [0.1, 0.15) is 71.1 Å². The maximum atomic E-state index is 12.3. The molecular formula is C23H34ClNO5. The summed E-state index contributed by atoms with van der Waals surface area (Å²) < 4.78 is 10.2. The van der Waals surface area contributed by atoms with Crippen molar-refractivity contribution in [2.75, 3.05) is 12.4 Å². The molecule has 0 aromatic heterocycles. The Balaban J connectivity index is 2.49. The molecule has 1 amide bonds.